The number of methoxy groups -OCH3 is 1. The quantitative estimate of drug-likeness (QED) is 0.583. The van der Waals surface area contributed by atoms with Crippen LogP contribution in [0.5, 0.6) is 0 Å². The summed E-state index contributed by atoms with van der Waals surface area (Å²) in [5, 5.41) is 0. The Morgan fingerprint density at radius 1 is 1.71 bits per heavy atom. The molecule has 0 saturated carbocycles. The Hall–Kier alpha value is 0.770. The van der Waals surface area contributed by atoms with Crippen molar-refractivity contribution in [1.29, 1.82) is 0 Å². The minimum absolute atomic E-state index is 0.0733. The Balaban J connectivity index is 3.36. The fourth-order valence-electron chi connectivity index (χ4n) is 0.150. The molecule has 0 N–H and O–H groups in total. The normalized spacial score (nSPS) is 11.9. The van der Waals surface area contributed by atoms with E-state index in [1.165, 1.54) is 7.11 Å². The molecule has 0 fully saturated rings. The van der Waals surface area contributed by atoms with Crippen molar-refractivity contribution in [2.24, 2.45) is 0 Å². The molecule has 0 heterocycles. The third-order valence-electron chi connectivity index (χ3n) is 0.279. The summed E-state index contributed by atoms with van der Waals surface area (Å²) in [6, 6.07) is 0. The summed E-state index contributed by atoms with van der Waals surface area (Å²) in [4.78, 5) is 0. The van der Waals surface area contributed by atoms with Crippen molar-refractivity contribution in [3.8, 4) is 0 Å². The smallest absolute Gasteiger partial charge is 0.277 e. The molecule has 0 unspecified atom stereocenters. The number of hydrogen-bond donors (Lipinski definition) is 0. The fourth-order valence-corrected chi connectivity index (χ4v) is 1.04. The number of halogens is 2. The molecule has 0 bridgehead atoms. The fraction of sp³-hybridized carbons (Fsp3) is 1.00. The Labute approximate surface area is 51.7 Å². The van der Waals surface area contributed by atoms with Gasteiger partial charge in [-0.15, -0.1) is 0 Å². The maximum atomic E-state index is 10.2. The Morgan fingerprint density at radius 2 is 2.14 bits per heavy atom. The van der Waals surface area contributed by atoms with Crippen LogP contribution in [0.25, 0.3) is 0 Å². The molecule has 0 aromatic carbocycles. The van der Waals surface area contributed by atoms with E-state index in [1.807, 2.05) is 0 Å². The third kappa shape index (κ3) is 6.77. The Bertz CT molecular complexity index is 87.7. The molecule has 0 amide bonds. The lowest BCUT2D eigenvalue weighted by Crippen LogP contribution is -1.78. The van der Waals surface area contributed by atoms with Crippen molar-refractivity contribution in [2.75, 3.05) is 13.5 Å². The molecule has 0 rings (SSSR count). The summed E-state index contributed by atoms with van der Waals surface area (Å²) in [7, 11) is 1.39. The van der Waals surface area contributed by atoms with Crippen LogP contribution in [0.15, 0.2) is 0 Å². The van der Waals surface area contributed by atoms with E-state index >= 15 is 0 Å². The summed E-state index contributed by atoms with van der Waals surface area (Å²) in [5.74, 6) is -2.94. The van der Waals surface area contributed by atoms with Crippen molar-refractivity contribution in [1.82, 2.24) is 0 Å². The number of ether oxygens (including phenoxy) is 1. The number of hydrogen-bond acceptors (Lipinski definition) is 2. The highest BCUT2D eigenvalue weighted by atomic mass is 35.9. The lowest BCUT2D eigenvalue weighted by Gasteiger charge is -1.95. The van der Waals surface area contributed by atoms with Crippen molar-refractivity contribution < 1.29 is 9.30 Å². The molecule has 0 aliphatic rings. The van der Waals surface area contributed by atoms with E-state index in [4.69, 9.17) is 22.5 Å². The molecular formula is C2H5Cl2O2P. The molecule has 2 nitrogen and oxygen atoms in total. The first-order valence-electron chi connectivity index (χ1n) is 1.53. The van der Waals surface area contributed by atoms with Crippen LogP contribution < -0.4 is 0 Å². The van der Waals surface area contributed by atoms with Gasteiger partial charge in [-0.2, -0.15) is 0 Å². The molecular weight excluding hydrogens is 158 g/mol. The van der Waals surface area contributed by atoms with Crippen LogP contribution in [0.4, 0.5) is 0 Å². The summed E-state index contributed by atoms with van der Waals surface area (Å²) < 4.78 is 14.6. The molecule has 5 heteroatoms. The van der Waals surface area contributed by atoms with Gasteiger partial charge in [-0.1, -0.05) is 0 Å². The Morgan fingerprint density at radius 3 is 2.14 bits per heavy atom. The van der Waals surface area contributed by atoms with Crippen LogP contribution in [-0.4, -0.2) is 13.5 Å². The first-order valence-corrected chi connectivity index (χ1v) is 5.24. The lowest BCUT2D eigenvalue weighted by atomic mass is 11.5. The van der Waals surface area contributed by atoms with Crippen molar-refractivity contribution in [2.45, 2.75) is 0 Å². The van der Waals surface area contributed by atoms with Gasteiger partial charge in [0, 0.05) is 7.11 Å². The second-order valence-corrected chi connectivity index (χ2v) is 6.18. The van der Waals surface area contributed by atoms with Gasteiger partial charge in [0.15, 0.2) is 0 Å². The molecule has 0 aliphatic heterocycles. The zero-order valence-corrected chi connectivity index (χ0v) is 6.13. The van der Waals surface area contributed by atoms with Gasteiger partial charge >= 0.3 is 0 Å². The molecule has 0 aliphatic carbocycles. The zero-order valence-electron chi connectivity index (χ0n) is 3.73. The van der Waals surface area contributed by atoms with Gasteiger partial charge in [-0.25, -0.2) is 0 Å². The van der Waals surface area contributed by atoms with E-state index in [9.17, 15) is 4.57 Å². The van der Waals surface area contributed by atoms with Crippen LogP contribution >= 0.6 is 28.3 Å². The highest BCUT2D eigenvalue weighted by Crippen LogP contribution is 2.56. The SMILES string of the molecule is COCP(=O)(Cl)Cl. The zero-order chi connectivity index (χ0) is 5.91. The van der Waals surface area contributed by atoms with Gasteiger partial charge in [0.2, 0.25) is 0 Å². The van der Waals surface area contributed by atoms with E-state index < -0.39 is 5.85 Å². The second-order valence-electron chi connectivity index (χ2n) is 0.988. The van der Waals surface area contributed by atoms with E-state index in [2.05, 4.69) is 4.74 Å². The van der Waals surface area contributed by atoms with Crippen LogP contribution in [0.3, 0.4) is 0 Å². The van der Waals surface area contributed by atoms with Gasteiger partial charge < -0.3 is 4.74 Å². The molecule has 7 heavy (non-hydrogen) atoms. The molecule has 0 saturated heterocycles. The summed E-state index contributed by atoms with van der Waals surface area (Å²) in [6.45, 7) is 0. The van der Waals surface area contributed by atoms with E-state index in [-0.39, 0.29) is 6.35 Å². The predicted octanol–water partition coefficient (Wildman–Crippen LogP) is 2.26. The Kier molecular flexibility index (Phi) is 3.25. The van der Waals surface area contributed by atoms with Gasteiger partial charge in [-0.05, 0) is 22.5 Å². The predicted molar refractivity (Wildman–Crippen MR) is 31.2 cm³/mol. The van der Waals surface area contributed by atoms with Crippen LogP contribution in [0.2, 0.25) is 0 Å². The third-order valence-corrected chi connectivity index (χ3v) is 1.42. The highest BCUT2D eigenvalue weighted by Gasteiger charge is 2.10. The van der Waals surface area contributed by atoms with Gasteiger partial charge in [0.1, 0.15) is 6.35 Å². The van der Waals surface area contributed by atoms with Crippen molar-refractivity contribution >= 4 is 28.3 Å². The number of rotatable bonds is 2. The molecule has 0 atom stereocenters. The second kappa shape index (κ2) is 2.93. The maximum Gasteiger partial charge on any atom is 0.277 e. The lowest BCUT2D eigenvalue weighted by molar-refractivity contribution is 0.252. The minimum atomic E-state index is -2.94. The van der Waals surface area contributed by atoms with E-state index in [0.29, 0.717) is 0 Å². The first kappa shape index (κ1) is 7.77. The standard InChI is InChI=1S/C2H5Cl2O2P/c1-6-2-7(3,4)5/h2H2,1H3. The van der Waals surface area contributed by atoms with Gasteiger partial charge in [0.25, 0.3) is 5.85 Å². The topological polar surface area (TPSA) is 26.3 Å². The maximum absolute atomic E-state index is 10.2. The van der Waals surface area contributed by atoms with E-state index in [1.54, 1.807) is 0 Å². The minimum Gasteiger partial charge on any atom is -0.375 e. The average molecular weight is 163 g/mol. The van der Waals surface area contributed by atoms with Crippen LogP contribution in [0, 0.1) is 0 Å². The molecule has 44 valence electrons. The van der Waals surface area contributed by atoms with Crippen molar-refractivity contribution in [3.05, 3.63) is 0 Å². The van der Waals surface area contributed by atoms with E-state index in [0.717, 1.165) is 0 Å². The summed E-state index contributed by atoms with van der Waals surface area (Å²) >= 11 is 10.1. The molecule has 0 radical (unpaired) electrons. The summed E-state index contributed by atoms with van der Waals surface area (Å²) in [6.07, 6.45) is -0.0733. The van der Waals surface area contributed by atoms with Gasteiger partial charge in [0.05, 0.1) is 0 Å². The highest BCUT2D eigenvalue weighted by molar-refractivity contribution is 8.08. The molecule has 0 aromatic rings. The first-order chi connectivity index (χ1) is 3.06. The molecule has 0 spiro atoms. The van der Waals surface area contributed by atoms with Gasteiger partial charge in [-0.3, -0.25) is 4.57 Å². The summed E-state index contributed by atoms with van der Waals surface area (Å²) in [5.41, 5.74) is 0. The van der Waals surface area contributed by atoms with Crippen LogP contribution in [-0.2, 0) is 9.30 Å². The largest absolute Gasteiger partial charge is 0.375 e. The van der Waals surface area contributed by atoms with Crippen molar-refractivity contribution in [3.63, 3.8) is 0 Å². The van der Waals surface area contributed by atoms with Crippen LogP contribution in [0.1, 0.15) is 0 Å². The average Bonchev–Trinajstić information content (AvgIpc) is 1.30. The molecule has 0 aromatic heterocycles. The monoisotopic (exact) mass is 162 g/mol.